The third-order valence-corrected chi connectivity index (χ3v) is 5.95. The van der Waals surface area contributed by atoms with Crippen LogP contribution in [0.3, 0.4) is 0 Å². The largest absolute Gasteiger partial charge is 0.484 e. The number of ether oxygens (including phenoxy) is 1. The third kappa shape index (κ3) is 2.80. The molecule has 0 aromatic heterocycles. The molecule has 0 aliphatic carbocycles. The second-order valence-corrected chi connectivity index (χ2v) is 8.44. The smallest absolute Gasteiger partial charge is 0.243 e. The third-order valence-electron chi connectivity index (χ3n) is 4.06. The lowest BCUT2D eigenvalue weighted by Gasteiger charge is -2.39. The Morgan fingerprint density at radius 2 is 1.91 bits per heavy atom. The van der Waals surface area contributed by atoms with Crippen LogP contribution in [-0.2, 0) is 10.0 Å². The van der Waals surface area contributed by atoms with E-state index in [0.717, 1.165) is 18.0 Å². The van der Waals surface area contributed by atoms with Gasteiger partial charge in [-0.1, -0.05) is 0 Å². The number of fused-ring (bicyclic) bond motifs is 1. The summed E-state index contributed by atoms with van der Waals surface area (Å²) in [7, 11) is -1.47. The number of benzene rings is 1. The molecule has 0 unspecified atom stereocenters. The van der Waals surface area contributed by atoms with Crippen molar-refractivity contribution in [3.8, 4) is 5.75 Å². The molecule has 122 valence electrons. The fraction of sp³-hybridized carbons (Fsp3) is 0.600. The molecule has 0 atom stereocenters. The van der Waals surface area contributed by atoms with Crippen molar-refractivity contribution in [2.24, 2.45) is 0 Å². The highest BCUT2D eigenvalue weighted by atomic mass is 32.2. The number of likely N-dealkylation sites (N-methyl/N-ethyl adjacent to an activating group) is 1. The van der Waals surface area contributed by atoms with E-state index in [0.29, 0.717) is 31.1 Å². The van der Waals surface area contributed by atoms with Crippen molar-refractivity contribution in [1.82, 2.24) is 9.62 Å². The first-order valence-electron chi connectivity index (χ1n) is 7.55. The number of piperazine rings is 1. The predicted octanol–water partition coefficient (Wildman–Crippen LogP) is 0.888. The minimum atomic E-state index is -3.44. The summed E-state index contributed by atoms with van der Waals surface area (Å²) in [5.41, 5.74) is 0.552. The van der Waals surface area contributed by atoms with Gasteiger partial charge in [0, 0.05) is 33.2 Å². The van der Waals surface area contributed by atoms with Crippen LogP contribution in [0.2, 0.25) is 0 Å². The van der Waals surface area contributed by atoms with Crippen molar-refractivity contribution in [3.63, 3.8) is 0 Å². The molecule has 0 spiro atoms. The first kappa shape index (κ1) is 15.6. The van der Waals surface area contributed by atoms with E-state index in [1.54, 1.807) is 22.5 Å². The molecular formula is C15H23N3O3S. The van der Waals surface area contributed by atoms with Crippen LogP contribution in [0.4, 0.5) is 5.69 Å². The molecule has 0 radical (unpaired) electrons. The second kappa shape index (κ2) is 5.40. The van der Waals surface area contributed by atoms with Gasteiger partial charge in [0.05, 0.1) is 17.1 Å². The first-order valence-corrected chi connectivity index (χ1v) is 8.99. The van der Waals surface area contributed by atoms with Crippen LogP contribution in [0.25, 0.3) is 0 Å². The van der Waals surface area contributed by atoms with E-state index in [-0.39, 0.29) is 5.60 Å². The summed E-state index contributed by atoms with van der Waals surface area (Å²) < 4.78 is 33.0. The van der Waals surface area contributed by atoms with Gasteiger partial charge in [0.2, 0.25) is 10.0 Å². The van der Waals surface area contributed by atoms with Crippen molar-refractivity contribution < 1.29 is 13.2 Å². The first-order chi connectivity index (χ1) is 10.3. The highest BCUT2D eigenvalue weighted by Crippen LogP contribution is 2.38. The molecule has 1 N–H and O–H groups in total. The number of rotatable bonds is 2. The minimum absolute atomic E-state index is 0.277. The van der Waals surface area contributed by atoms with E-state index in [1.807, 2.05) is 20.9 Å². The lowest BCUT2D eigenvalue weighted by molar-refractivity contribution is 0.107. The van der Waals surface area contributed by atoms with Crippen molar-refractivity contribution in [3.05, 3.63) is 18.2 Å². The Hall–Kier alpha value is -1.31. The Morgan fingerprint density at radius 1 is 1.23 bits per heavy atom. The van der Waals surface area contributed by atoms with Crippen LogP contribution >= 0.6 is 0 Å². The average Bonchev–Trinajstić information content (AvgIpc) is 2.46. The van der Waals surface area contributed by atoms with Gasteiger partial charge in [-0.2, -0.15) is 4.31 Å². The standard InChI is InChI=1S/C15H23N3O3S/c1-15(2)11-17(3)13-10-12(4-5-14(13)21-15)22(19,20)18-8-6-16-7-9-18/h4-5,10,16H,6-9,11H2,1-3H3. The molecule has 1 aromatic rings. The minimum Gasteiger partial charge on any atom is -0.484 e. The molecule has 3 rings (SSSR count). The molecule has 1 saturated heterocycles. The summed E-state index contributed by atoms with van der Waals surface area (Å²) in [6.45, 7) is 7.19. The normalized spacial score (nSPS) is 22.0. The zero-order valence-electron chi connectivity index (χ0n) is 13.3. The highest BCUT2D eigenvalue weighted by molar-refractivity contribution is 7.89. The number of nitrogens with zero attached hydrogens (tertiary/aromatic N) is 2. The van der Waals surface area contributed by atoms with Gasteiger partial charge in [0.15, 0.2) is 0 Å². The lowest BCUT2D eigenvalue weighted by atomic mass is 10.1. The highest BCUT2D eigenvalue weighted by Gasteiger charge is 2.32. The fourth-order valence-corrected chi connectivity index (χ4v) is 4.52. The maximum Gasteiger partial charge on any atom is 0.243 e. The van der Waals surface area contributed by atoms with E-state index in [1.165, 1.54) is 0 Å². The molecule has 2 aliphatic heterocycles. The molecule has 7 heteroatoms. The summed E-state index contributed by atoms with van der Waals surface area (Å²) >= 11 is 0. The van der Waals surface area contributed by atoms with Gasteiger partial charge in [-0.25, -0.2) is 8.42 Å². The monoisotopic (exact) mass is 325 g/mol. The topological polar surface area (TPSA) is 61.9 Å². The quantitative estimate of drug-likeness (QED) is 0.875. The zero-order valence-corrected chi connectivity index (χ0v) is 14.1. The molecule has 0 amide bonds. The molecule has 1 fully saturated rings. The van der Waals surface area contributed by atoms with Crippen LogP contribution < -0.4 is 15.0 Å². The van der Waals surface area contributed by atoms with E-state index < -0.39 is 10.0 Å². The van der Waals surface area contributed by atoms with Crippen molar-refractivity contribution >= 4 is 15.7 Å². The molecule has 2 aliphatic rings. The van der Waals surface area contributed by atoms with Gasteiger partial charge in [-0.05, 0) is 32.0 Å². The molecule has 0 bridgehead atoms. The van der Waals surface area contributed by atoms with Crippen LogP contribution in [0.15, 0.2) is 23.1 Å². The van der Waals surface area contributed by atoms with Crippen LogP contribution in [0.1, 0.15) is 13.8 Å². The van der Waals surface area contributed by atoms with E-state index >= 15 is 0 Å². The molecule has 22 heavy (non-hydrogen) atoms. The summed E-state index contributed by atoms with van der Waals surface area (Å²) in [5.74, 6) is 0.734. The summed E-state index contributed by atoms with van der Waals surface area (Å²) in [5, 5.41) is 3.17. The van der Waals surface area contributed by atoms with E-state index in [4.69, 9.17) is 4.74 Å². The van der Waals surface area contributed by atoms with E-state index in [9.17, 15) is 8.42 Å². The Morgan fingerprint density at radius 3 is 2.59 bits per heavy atom. The lowest BCUT2D eigenvalue weighted by Crippen LogP contribution is -2.46. The second-order valence-electron chi connectivity index (χ2n) is 6.50. The van der Waals surface area contributed by atoms with E-state index in [2.05, 4.69) is 10.2 Å². The van der Waals surface area contributed by atoms with Gasteiger partial charge in [-0.15, -0.1) is 0 Å². The molecule has 1 aromatic carbocycles. The molecule has 0 saturated carbocycles. The van der Waals surface area contributed by atoms with Gasteiger partial charge < -0.3 is 15.0 Å². The fourth-order valence-electron chi connectivity index (χ4n) is 3.06. The van der Waals surface area contributed by atoms with Gasteiger partial charge >= 0.3 is 0 Å². The molecule has 2 heterocycles. The summed E-state index contributed by atoms with van der Waals surface area (Å²) in [4.78, 5) is 2.39. The van der Waals surface area contributed by atoms with Gasteiger partial charge in [0.1, 0.15) is 11.4 Å². The average molecular weight is 325 g/mol. The van der Waals surface area contributed by atoms with Crippen molar-refractivity contribution in [2.45, 2.75) is 24.3 Å². The maximum absolute atomic E-state index is 12.7. The Labute approximate surface area is 132 Å². The van der Waals surface area contributed by atoms with Gasteiger partial charge in [-0.3, -0.25) is 0 Å². The summed E-state index contributed by atoms with van der Waals surface area (Å²) in [6.07, 6.45) is 0. The zero-order chi connectivity index (χ0) is 16.0. The maximum atomic E-state index is 12.7. The Bertz CT molecular complexity index is 667. The number of sulfonamides is 1. The number of nitrogens with one attached hydrogen (secondary N) is 1. The number of hydrogen-bond donors (Lipinski definition) is 1. The van der Waals surface area contributed by atoms with Crippen molar-refractivity contribution in [2.75, 3.05) is 44.7 Å². The van der Waals surface area contributed by atoms with Crippen LogP contribution in [-0.4, -0.2) is 58.1 Å². The van der Waals surface area contributed by atoms with Crippen molar-refractivity contribution in [1.29, 1.82) is 0 Å². The van der Waals surface area contributed by atoms with Gasteiger partial charge in [0.25, 0.3) is 0 Å². The molecular weight excluding hydrogens is 302 g/mol. The summed E-state index contributed by atoms with van der Waals surface area (Å²) in [6, 6.07) is 5.13. The molecule has 6 nitrogen and oxygen atoms in total. The number of anilines is 1. The number of hydrogen-bond acceptors (Lipinski definition) is 5. The Balaban J connectivity index is 1.95. The van der Waals surface area contributed by atoms with Crippen LogP contribution in [0, 0.1) is 0 Å². The Kier molecular flexibility index (Phi) is 3.82. The SMILES string of the molecule is CN1CC(C)(C)Oc2ccc(S(=O)(=O)N3CCNCC3)cc21. The predicted molar refractivity (Wildman–Crippen MR) is 86.0 cm³/mol. The van der Waals surface area contributed by atoms with Crippen LogP contribution in [0.5, 0.6) is 5.75 Å².